The average molecular weight is 337 g/mol. The van der Waals surface area contributed by atoms with Gasteiger partial charge in [-0.1, -0.05) is 0 Å². The molecule has 1 aromatic heterocycles. The van der Waals surface area contributed by atoms with Crippen molar-refractivity contribution in [3.8, 4) is 5.75 Å². The van der Waals surface area contributed by atoms with Gasteiger partial charge in [0.05, 0.1) is 12.2 Å². The predicted molar refractivity (Wildman–Crippen MR) is 83.1 cm³/mol. The molecule has 0 spiro atoms. The van der Waals surface area contributed by atoms with Crippen molar-refractivity contribution in [1.82, 2.24) is 15.1 Å². The predicted octanol–water partition coefficient (Wildman–Crippen LogP) is 1.48. The summed E-state index contributed by atoms with van der Waals surface area (Å²) in [6.07, 6.45) is 0. The number of benzene rings is 1. The van der Waals surface area contributed by atoms with Crippen LogP contribution >= 0.6 is 0 Å². The van der Waals surface area contributed by atoms with Gasteiger partial charge in [-0.3, -0.25) is 9.59 Å². The molecular formula is C16H17F2N3O3. The Morgan fingerprint density at radius 2 is 2.00 bits per heavy atom. The first kappa shape index (κ1) is 17.6. The van der Waals surface area contributed by atoms with Crippen LogP contribution in [0.2, 0.25) is 0 Å². The van der Waals surface area contributed by atoms with Gasteiger partial charge in [-0.05, 0) is 31.5 Å². The monoisotopic (exact) mass is 337 g/mol. The smallest absolute Gasteiger partial charge is 0.279 e. The third-order valence-corrected chi connectivity index (χ3v) is 3.50. The second-order valence-electron chi connectivity index (χ2n) is 5.19. The van der Waals surface area contributed by atoms with Crippen molar-refractivity contribution < 1.29 is 18.3 Å². The number of carbonyl (C=O) groups is 1. The van der Waals surface area contributed by atoms with Crippen molar-refractivity contribution in [2.24, 2.45) is 7.05 Å². The summed E-state index contributed by atoms with van der Waals surface area (Å²) in [4.78, 5) is 24.2. The van der Waals surface area contributed by atoms with Gasteiger partial charge in [-0.2, -0.15) is 5.10 Å². The van der Waals surface area contributed by atoms with E-state index in [4.69, 9.17) is 4.74 Å². The summed E-state index contributed by atoms with van der Waals surface area (Å²) in [5.41, 5.74) is 0.632. The molecule has 0 unspecified atom stereocenters. The van der Waals surface area contributed by atoms with E-state index in [9.17, 15) is 18.4 Å². The maximum absolute atomic E-state index is 13.0. The number of hydrogen-bond donors (Lipinski definition) is 1. The van der Waals surface area contributed by atoms with Crippen LogP contribution in [0.1, 0.15) is 21.6 Å². The highest BCUT2D eigenvalue weighted by Crippen LogP contribution is 2.15. The van der Waals surface area contributed by atoms with E-state index in [2.05, 4.69) is 10.4 Å². The third kappa shape index (κ3) is 3.76. The highest BCUT2D eigenvalue weighted by Gasteiger charge is 2.17. The Morgan fingerprint density at radius 3 is 2.67 bits per heavy atom. The zero-order valence-electron chi connectivity index (χ0n) is 13.5. The molecule has 1 amide bonds. The molecule has 0 radical (unpaired) electrons. The van der Waals surface area contributed by atoms with Gasteiger partial charge >= 0.3 is 0 Å². The number of aryl methyl sites for hydroxylation is 2. The normalized spacial score (nSPS) is 10.5. The van der Waals surface area contributed by atoms with Crippen LogP contribution in [0.25, 0.3) is 0 Å². The number of ether oxygens (including phenoxy) is 1. The molecule has 0 aliphatic heterocycles. The SMILES string of the molecule is Cc1nn(C)c(=O)c(C(=O)NCCOc2ccc(F)c(F)c2)c1C. The molecule has 0 aliphatic rings. The highest BCUT2D eigenvalue weighted by atomic mass is 19.2. The second-order valence-corrected chi connectivity index (χ2v) is 5.19. The lowest BCUT2D eigenvalue weighted by Crippen LogP contribution is -2.36. The van der Waals surface area contributed by atoms with Crippen LogP contribution in [0.5, 0.6) is 5.75 Å². The van der Waals surface area contributed by atoms with E-state index in [1.165, 1.54) is 13.1 Å². The van der Waals surface area contributed by atoms with Gasteiger partial charge in [0.2, 0.25) is 0 Å². The number of nitrogens with zero attached hydrogens (tertiary/aromatic N) is 2. The topological polar surface area (TPSA) is 73.2 Å². The van der Waals surface area contributed by atoms with Crippen LogP contribution in [0.3, 0.4) is 0 Å². The summed E-state index contributed by atoms with van der Waals surface area (Å²) < 4.78 is 32.2. The fourth-order valence-corrected chi connectivity index (χ4v) is 2.10. The van der Waals surface area contributed by atoms with Gasteiger partial charge in [0.15, 0.2) is 11.6 Å². The molecule has 0 aliphatic carbocycles. The Bertz CT molecular complexity index is 834. The highest BCUT2D eigenvalue weighted by molar-refractivity contribution is 5.95. The summed E-state index contributed by atoms with van der Waals surface area (Å²) in [6.45, 7) is 3.50. The van der Waals surface area contributed by atoms with Gasteiger partial charge in [0.25, 0.3) is 11.5 Å². The van der Waals surface area contributed by atoms with E-state index in [1.807, 2.05) is 0 Å². The Balaban J connectivity index is 1.97. The van der Waals surface area contributed by atoms with E-state index in [0.717, 1.165) is 16.8 Å². The second kappa shape index (κ2) is 7.20. The minimum absolute atomic E-state index is 0.0258. The average Bonchev–Trinajstić information content (AvgIpc) is 2.53. The van der Waals surface area contributed by atoms with Crippen molar-refractivity contribution in [2.45, 2.75) is 13.8 Å². The lowest BCUT2D eigenvalue weighted by atomic mass is 10.1. The summed E-state index contributed by atoms with van der Waals surface area (Å²) in [6, 6.07) is 3.16. The minimum atomic E-state index is -1.01. The lowest BCUT2D eigenvalue weighted by Gasteiger charge is -2.11. The summed E-state index contributed by atoms with van der Waals surface area (Å²) >= 11 is 0. The van der Waals surface area contributed by atoms with Gasteiger partial charge < -0.3 is 10.1 Å². The first-order chi connectivity index (χ1) is 11.3. The third-order valence-electron chi connectivity index (χ3n) is 3.50. The Morgan fingerprint density at radius 1 is 1.29 bits per heavy atom. The molecule has 8 heteroatoms. The standard InChI is InChI=1S/C16H17F2N3O3/c1-9-10(2)20-21(3)16(23)14(9)15(22)19-6-7-24-11-4-5-12(17)13(18)8-11/h4-5,8H,6-7H2,1-3H3,(H,19,22). The van der Waals surface area contributed by atoms with Gasteiger partial charge in [0, 0.05) is 13.1 Å². The largest absolute Gasteiger partial charge is 0.492 e. The number of halogens is 2. The molecule has 0 saturated carbocycles. The number of amides is 1. The molecule has 128 valence electrons. The molecule has 1 heterocycles. The van der Waals surface area contributed by atoms with E-state index in [-0.39, 0.29) is 24.5 Å². The van der Waals surface area contributed by atoms with E-state index < -0.39 is 23.1 Å². The number of rotatable bonds is 5. The quantitative estimate of drug-likeness (QED) is 0.839. The first-order valence-electron chi connectivity index (χ1n) is 7.22. The maximum Gasteiger partial charge on any atom is 0.279 e. The van der Waals surface area contributed by atoms with E-state index >= 15 is 0 Å². The van der Waals surface area contributed by atoms with E-state index in [1.54, 1.807) is 13.8 Å². The van der Waals surface area contributed by atoms with Crippen LogP contribution < -0.4 is 15.6 Å². The van der Waals surface area contributed by atoms with Gasteiger partial charge in [0.1, 0.15) is 17.9 Å². The Labute approximate surface area is 137 Å². The fraction of sp³-hybridized carbons (Fsp3) is 0.312. The number of hydrogen-bond acceptors (Lipinski definition) is 4. The zero-order chi connectivity index (χ0) is 17.9. The van der Waals surface area contributed by atoms with Crippen LogP contribution in [-0.2, 0) is 7.05 Å². The van der Waals surface area contributed by atoms with Crippen molar-refractivity contribution in [3.05, 3.63) is 57.0 Å². The molecule has 1 aromatic carbocycles. The summed E-state index contributed by atoms with van der Waals surface area (Å²) in [7, 11) is 1.47. The molecule has 2 aromatic rings. The Hall–Kier alpha value is -2.77. The van der Waals surface area contributed by atoms with Crippen LogP contribution in [0, 0.1) is 25.5 Å². The number of aromatic nitrogens is 2. The van der Waals surface area contributed by atoms with Gasteiger partial charge in [-0.25, -0.2) is 13.5 Å². The maximum atomic E-state index is 13.0. The first-order valence-corrected chi connectivity index (χ1v) is 7.22. The minimum Gasteiger partial charge on any atom is -0.492 e. The van der Waals surface area contributed by atoms with Crippen molar-refractivity contribution >= 4 is 5.91 Å². The van der Waals surface area contributed by atoms with Crippen molar-refractivity contribution in [3.63, 3.8) is 0 Å². The summed E-state index contributed by atoms with van der Waals surface area (Å²) in [5.74, 6) is -2.36. The molecular weight excluding hydrogens is 320 g/mol. The zero-order valence-corrected chi connectivity index (χ0v) is 13.5. The van der Waals surface area contributed by atoms with E-state index in [0.29, 0.717) is 11.3 Å². The molecule has 0 atom stereocenters. The number of carbonyl (C=O) groups excluding carboxylic acids is 1. The summed E-state index contributed by atoms with van der Waals surface area (Å²) in [5, 5.41) is 6.56. The van der Waals surface area contributed by atoms with Gasteiger partial charge in [-0.15, -0.1) is 0 Å². The molecule has 1 N–H and O–H groups in total. The molecule has 0 saturated heterocycles. The van der Waals surface area contributed by atoms with Crippen LogP contribution in [0.15, 0.2) is 23.0 Å². The van der Waals surface area contributed by atoms with Crippen molar-refractivity contribution in [1.29, 1.82) is 0 Å². The lowest BCUT2D eigenvalue weighted by molar-refractivity contribution is 0.0943. The molecule has 0 fully saturated rings. The van der Waals surface area contributed by atoms with Crippen LogP contribution in [0.4, 0.5) is 8.78 Å². The molecule has 2 rings (SSSR count). The molecule has 6 nitrogen and oxygen atoms in total. The number of nitrogens with one attached hydrogen (secondary N) is 1. The fourth-order valence-electron chi connectivity index (χ4n) is 2.10. The van der Waals surface area contributed by atoms with Crippen LogP contribution in [-0.4, -0.2) is 28.8 Å². The molecule has 24 heavy (non-hydrogen) atoms. The molecule has 0 bridgehead atoms. The van der Waals surface area contributed by atoms with Crippen molar-refractivity contribution in [2.75, 3.05) is 13.2 Å². The Kier molecular flexibility index (Phi) is 5.28.